The molecule has 1 unspecified atom stereocenters. The molecule has 0 spiro atoms. The number of rotatable bonds is 4. The van der Waals surface area contributed by atoms with Crippen molar-refractivity contribution in [1.29, 1.82) is 0 Å². The molecule has 0 saturated heterocycles. The van der Waals surface area contributed by atoms with E-state index >= 15 is 0 Å². The predicted molar refractivity (Wildman–Crippen MR) is 66.1 cm³/mol. The van der Waals surface area contributed by atoms with Crippen LogP contribution in [-0.2, 0) is 6.54 Å². The van der Waals surface area contributed by atoms with E-state index in [4.69, 9.17) is 5.73 Å². The van der Waals surface area contributed by atoms with Crippen LogP contribution >= 0.6 is 15.9 Å². The smallest absolute Gasteiger partial charge is 0.0738 e. The van der Waals surface area contributed by atoms with Crippen molar-refractivity contribution in [2.24, 2.45) is 11.7 Å². The Kier molecular flexibility index (Phi) is 3.11. The third kappa shape index (κ3) is 2.04. The molecule has 4 nitrogen and oxygen atoms in total. The van der Waals surface area contributed by atoms with Gasteiger partial charge >= 0.3 is 0 Å². The van der Waals surface area contributed by atoms with Gasteiger partial charge < -0.3 is 10.8 Å². The molecular weight excluding hydrogens is 270 g/mol. The van der Waals surface area contributed by atoms with E-state index in [-0.39, 0.29) is 6.61 Å². The Balaban J connectivity index is 2.22. The minimum absolute atomic E-state index is 0.0215. The summed E-state index contributed by atoms with van der Waals surface area (Å²) in [4.78, 5) is 0. The average Bonchev–Trinajstić information content (AvgIpc) is 3.06. The van der Waals surface area contributed by atoms with Crippen molar-refractivity contribution in [2.75, 3.05) is 6.61 Å². The van der Waals surface area contributed by atoms with Crippen LogP contribution in [0.3, 0.4) is 0 Å². The van der Waals surface area contributed by atoms with Crippen molar-refractivity contribution in [1.82, 2.24) is 9.78 Å². The zero-order valence-electron chi connectivity index (χ0n) is 9.70. The number of nitrogens with zero attached hydrogens (tertiary/aromatic N) is 2. The van der Waals surface area contributed by atoms with Crippen molar-refractivity contribution in [3.8, 4) is 0 Å². The number of hydrogen-bond acceptors (Lipinski definition) is 3. The Morgan fingerprint density at radius 1 is 1.56 bits per heavy atom. The van der Waals surface area contributed by atoms with Gasteiger partial charge in [-0.1, -0.05) is 0 Å². The van der Waals surface area contributed by atoms with Crippen molar-refractivity contribution in [3.63, 3.8) is 0 Å². The normalized spacial score (nSPS) is 19.8. The number of aliphatic hydroxyl groups is 1. The van der Waals surface area contributed by atoms with E-state index in [1.807, 2.05) is 18.5 Å². The van der Waals surface area contributed by atoms with Gasteiger partial charge in [0, 0.05) is 5.69 Å². The van der Waals surface area contributed by atoms with Crippen LogP contribution in [0.2, 0.25) is 0 Å². The van der Waals surface area contributed by atoms with E-state index in [0.717, 1.165) is 28.7 Å². The lowest BCUT2D eigenvalue weighted by molar-refractivity contribution is 0.154. The first kappa shape index (κ1) is 12.1. The SMILES string of the molecule is Cc1nn(CC(N)(CO)C2CC2)c(C)c1Br. The maximum absolute atomic E-state index is 9.45. The second-order valence-electron chi connectivity index (χ2n) is 4.81. The number of hydrogen-bond donors (Lipinski definition) is 2. The van der Waals surface area contributed by atoms with Crippen LogP contribution in [0.15, 0.2) is 4.47 Å². The highest BCUT2D eigenvalue weighted by Gasteiger charge is 2.42. The maximum atomic E-state index is 9.45. The van der Waals surface area contributed by atoms with Crippen molar-refractivity contribution >= 4 is 15.9 Å². The van der Waals surface area contributed by atoms with Crippen LogP contribution in [0, 0.1) is 19.8 Å². The molecule has 1 heterocycles. The molecule has 0 aromatic carbocycles. The summed E-state index contributed by atoms with van der Waals surface area (Å²) < 4.78 is 2.93. The van der Waals surface area contributed by atoms with Crippen LogP contribution in [0.5, 0.6) is 0 Å². The largest absolute Gasteiger partial charge is 0.394 e. The topological polar surface area (TPSA) is 64.1 Å². The van der Waals surface area contributed by atoms with Crippen molar-refractivity contribution < 1.29 is 5.11 Å². The highest BCUT2D eigenvalue weighted by molar-refractivity contribution is 9.10. The molecular formula is C11H18BrN3O. The van der Waals surface area contributed by atoms with E-state index in [0.29, 0.717) is 12.5 Å². The molecule has 2 rings (SSSR count). The predicted octanol–water partition coefficient (Wildman–Crippen LogP) is 1.36. The van der Waals surface area contributed by atoms with E-state index in [1.165, 1.54) is 0 Å². The zero-order valence-corrected chi connectivity index (χ0v) is 11.3. The van der Waals surface area contributed by atoms with Crippen molar-refractivity contribution in [3.05, 3.63) is 15.9 Å². The molecule has 90 valence electrons. The van der Waals surface area contributed by atoms with E-state index in [9.17, 15) is 5.11 Å². The summed E-state index contributed by atoms with van der Waals surface area (Å²) in [5.74, 6) is 0.445. The molecule has 1 aromatic rings. The fourth-order valence-corrected chi connectivity index (χ4v) is 2.36. The van der Waals surface area contributed by atoms with Crippen LogP contribution in [0.25, 0.3) is 0 Å². The lowest BCUT2D eigenvalue weighted by Gasteiger charge is -2.27. The van der Waals surface area contributed by atoms with Crippen LogP contribution < -0.4 is 5.73 Å². The van der Waals surface area contributed by atoms with Crippen LogP contribution in [0.1, 0.15) is 24.2 Å². The van der Waals surface area contributed by atoms with Crippen LogP contribution in [-0.4, -0.2) is 27.0 Å². The molecule has 1 aliphatic rings. The molecule has 0 aliphatic heterocycles. The van der Waals surface area contributed by atoms with Gasteiger partial charge in [0.25, 0.3) is 0 Å². The summed E-state index contributed by atoms with van der Waals surface area (Å²) >= 11 is 3.50. The first-order valence-electron chi connectivity index (χ1n) is 5.57. The fourth-order valence-electron chi connectivity index (χ4n) is 2.07. The molecule has 0 radical (unpaired) electrons. The summed E-state index contributed by atoms with van der Waals surface area (Å²) in [6.07, 6.45) is 2.25. The Labute approximate surface area is 104 Å². The fraction of sp³-hybridized carbons (Fsp3) is 0.727. The van der Waals surface area contributed by atoms with Gasteiger partial charge in [0.2, 0.25) is 0 Å². The number of aliphatic hydroxyl groups excluding tert-OH is 1. The van der Waals surface area contributed by atoms with Gasteiger partial charge in [-0.05, 0) is 48.5 Å². The second kappa shape index (κ2) is 4.13. The van der Waals surface area contributed by atoms with Gasteiger partial charge in [-0.3, -0.25) is 4.68 Å². The quantitative estimate of drug-likeness (QED) is 0.879. The first-order chi connectivity index (χ1) is 7.48. The number of aromatic nitrogens is 2. The summed E-state index contributed by atoms with van der Waals surface area (Å²) in [7, 11) is 0. The molecule has 1 aromatic heterocycles. The Bertz CT molecular complexity index is 400. The highest BCUT2D eigenvalue weighted by atomic mass is 79.9. The zero-order chi connectivity index (χ0) is 11.9. The van der Waals surface area contributed by atoms with Gasteiger partial charge in [-0.15, -0.1) is 0 Å². The summed E-state index contributed by atoms with van der Waals surface area (Å²) in [6.45, 7) is 4.58. The van der Waals surface area contributed by atoms with Gasteiger partial charge in [0.1, 0.15) is 0 Å². The number of aryl methyl sites for hydroxylation is 1. The lowest BCUT2D eigenvalue weighted by atomic mass is 9.96. The van der Waals surface area contributed by atoms with Gasteiger partial charge in [-0.25, -0.2) is 0 Å². The summed E-state index contributed by atoms with van der Waals surface area (Å²) in [6, 6.07) is 0. The summed E-state index contributed by atoms with van der Waals surface area (Å²) in [5, 5.41) is 13.9. The Morgan fingerprint density at radius 2 is 2.19 bits per heavy atom. The van der Waals surface area contributed by atoms with Gasteiger partial charge in [0.05, 0.1) is 28.9 Å². The van der Waals surface area contributed by atoms with E-state index in [1.54, 1.807) is 0 Å². The third-order valence-electron chi connectivity index (χ3n) is 3.42. The number of halogens is 1. The molecule has 0 bridgehead atoms. The van der Waals surface area contributed by atoms with E-state index in [2.05, 4.69) is 21.0 Å². The third-order valence-corrected chi connectivity index (χ3v) is 4.57. The molecule has 16 heavy (non-hydrogen) atoms. The van der Waals surface area contributed by atoms with Crippen molar-refractivity contribution in [2.45, 2.75) is 38.8 Å². The maximum Gasteiger partial charge on any atom is 0.0738 e. The first-order valence-corrected chi connectivity index (χ1v) is 6.36. The summed E-state index contributed by atoms with van der Waals surface area (Å²) in [5.41, 5.74) is 7.76. The molecule has 1 fully saturated rings. The van der Waals surface area contributed by atoms with Gasteiger partial charge in [0.15, 0.2) is 0 Å². The Hall–Kier alpha value is -0.390. The van der Waals surface area contributed by atoms with E-state index < -0.39 is 5.54 Å². The van der Waals surface area contributed by atoms with Gasteiger partial charge in [-0.2, -0.15) is 5.10 Å². The Morgan fingerprint density at radius 3 is 2.56 bits per heavy atom. The minimum atomic E-state index is -0.511. The molecule has 1 saturated carbocycles. The average molecular weight is 288 g/mol. The lowest BCUT2D eigenvalue weighted by Crippen LogP contribution is -2.50. The molecule has 0 amide bonds. The monoisotopic (exact) mass is 287 g/mol. The second-order valence-corrected chi connectivity index (χ2v) is 5.60. The molecule has 5 heteroatoms. The minimum Gasteiger partial charge on any atom is -0.394 e. The molecule has 1 atom stereocenters. The molecule has 1 aliphatic carbocycles. The number of nitrogens with two attached hydrogens (primary N) is 1. The van der Waals surface area contributed by atoms with Crippen LogP contribution in [0.4, 0.5) is 0 Å². The highest BCUT2D eigenvalue weighted by Crippen LogP contribution is 2.39. The standard InChI is InChI=1S/C11H18BrN3O/c1-7-10(12)8(2)15(14-7)5-11(13,6-16)9-3-4-9/h9,16H,3-6,13H2,1-2H3. The molecule has 3 N–H and O–H groups in total.